The molecule has 0 aliphatic rings. The van der Waals surface area contributed by atoms with Gasteiger partial charge in [0.15, 0.2) is 5.13 Å². The van der Waals surface area contributed by atoms with Gasteiger partial charge in [-0.25, -0.2) is 19.7 Å². The highest BCUT2D eigenvalue weighted by Crippen LogP contribution is 2.27. The monoisotopic (exact) mass is 395 g/mol. The number of rotatable bonds is 5. The molecule has 0 saturated heterocycles. The summed E-state index contributed by atoms with van der Waals surface area (Å²) in [5, 5.41) is 9.41. The van der Waals surface area contributed by atoms with Crippen molar-refractivity contribution >= 4 is 49.7 Å². The number of aryl methyl sites for hydroxylation is 3. The molecule has 1 aromatic carbocycles. The molecule has 4 aromatic rings. The van der Waals surface area contributed by atoms with Gasteiger partial charge in [0.05, 0.1) is 5.69 Å². The molecule has 0 unspecified atom stereocenters. The Balaban J connectivity index is 1.38. The van der Waals surface area contributed by atoms with Crippen LogP contribution in [0.25, 0.3) is 10.2 Å². The highest BCUT2D eigenvalue weighted by molar-refractivity contribution is 7.17. The molecule has 6 nitrogen and oxygen atoms in total. The number of carbonyl (C=O) groups excluding carboxylic acids is 1. The van der Waals surface area contributed by atoms with Crippen LogP contribution in [0.3, 0.4) is 0 Å². The van der Waals surface area contributed by atoms with Gasteiger partial charge in [-0.05, 0) is 42.8 Å². The predicted octanol–water partition coefficient (Wildman–Crippen LogP) is 4.89. The van der Waals surface area contributed by atoms with E-state index in [0.29, 0.717) is 5.13 Å². The van der Waals surface area contributed by atoms with E-state index in [0.717, 1.165) is 39.3 Å². The molecule has 2 N–H and O–H groups in total. The second kappa shape index (κ2) is 7.81. The molecule has 0 spiro atoms. The molecule has 0 fully saturated rings. The molecule has 0 saturated carbocycles. The molecule has 0 bridgehead atoms. The Hall–Kier alpha value is -2.84. The third-order valence-corrected chi connectivity index (χ3v) is 6.02. The van der Waals surface area contributed by atoms with Gasteiger partial charge >= 0.3 is 6.03 Å². The number of benzene rings is 1. The lowest BCUT2D eigenvalue weighted by molar-refractivity contribution is 0.262. The average molecular weight is 396 g/mol. The molecule has 0 aliphatic carbocycles. The van der Waals surface area contributed by atoms with Crippen molar-refractivity contribution in [2.75, 3.05) is 10.6 Å². The third kappa shape index (κ3) is 4.12. The molecule has 27 heavy (non-hydrogen) atoms. The fourth-order valence-corrected chi connectivity index (χ4v) is 4.50. The Morgan fingerprint density at radius 2 is 1.93 bits per heavy atom. The van der Waals surface area contributed by atoms with Crippen LogP contribution in [0.5, 0.6) is 0 Å². The molecule has 0 radical (unpaired) electrons. The SMILES string of the molecule is Cc1csc2ncnc(CCc3cnc(NC(=O)Nc4ccccc4)s3)c12. The van der Waals surface area contributed by atoms with Crippen molar-refractivity contribution in [2.24, 2.45) is 0 Å². The predicted molar refractivity (Wildman–Crippen MR) is 111 cm³/mol. The van der Waals surface area contributed by atoms with Crippen LogP contribution in [0.1, 0.15) is 16.1 Å². The number of thiazole rings is 1. The average Bonchev–Trinajstić information content (AvgIpc) is 3.28. The van der Waals surface area contributed by atoms with Crippen molar-refractivity contribution in [1.29, 1.82) is 0 Å². The summed E-state index contributed by atoms with van der Waals surface area (Å²) in [5.74, 6) is 0. The lowest BCUT2D eigenvalue weighted by atomic mass is 10.1. The lowest BCUT2D eigenvalue weighted by Crippen LogP contribution is -2.19. The van der Waals surface area contributed by atoms with Crippen molar-refractivity contribution in [3.63, 3.8) is 0 Å². The summed E-state index contributed by atoms with van der Waals surface area (Å²) in [6.45, 7) is 2.09. The van der Waals surface area contributed by atoms with E-state index < -0.39 is 0 Å². The third-order valence-electron chi connectivity index (χ3n) is 4.05. The molecule has 0 aliphatic heterocycles. The van der Waals surface area contributed by atoms with Crippen molar-refractivity contribution in [2.45, 2.75) is 19.8 Å². The van der Waals surface area contributed by atoms with Crippen LogP contribution in [0.4, 0.5) is 15.6 Å². The first-order chi connectivity index (χ1) is 13.2. The first-order valence-corrected chi connectivity index (χ1v) is 10.1. The van der Waals surface area contributed by atoms with Crippen LogP contribution in [0.2, 0.25) is 0 Å². The number of hydrogen-bond donors (Lipinski definition) is 2. The first kappa shape index (κ1) is 17.6. The number of hydrogen-bond acceptors (Lipinski definition) is 6. The van der Waals surface area contributed by atoms with Crippen molar-refractivity contribution in [3.8, 4) is 0 Å². The summed E-state index contributed by atoms with van der Waals surface area (Å²) in [6.07, 6.45) is 5.07. The Kier molecular flexibility index (Phi) is 5.08. The van der Waals surface area contributed by atoms with Gasteiger partial charge in [0.25, 0.3) is 0 Å². The molecule has 0 atom stereocenters. The number of nitrogens with one attached hydrogen (secondary N) is 2. The lowest BCUT2D eigenvalue weighted by Gasteiger charge is -2.04. The number of thiophene rings is 1. The number of amides is 2. The molecule has 4 rings (SSSR count). The zero-order valence-corrected chi connectivity index (χ0v) is 16.2. The highest BCUT2D eigenvalue weighted by Gasteiger charge is 2.11. The van der Waals surface area contributed by atoms with E-state index in [-0.39, 0.29) is 6.03 Å². The number of anilines is 2. The topological polar surface area (TPSA) is 79.8 Å². The smallest absolute Gasteiger partial charge is 0.308 e. The fourth-order valence-electron chi connectivity index (χ4n) is 2.79. The number of fused-ring (bicyclic) bond motifs is 1. The van der Waals surface area contributed by atoms with Gasteiger partial charge in [-0.3, -0.25) is 5.32 Å². The van der Waals surface area contributed by atoms with E-state index in [2.05, 4.69) is 37.9 Å². The van der Waals surface area contributed by atoms with E-state index in [9.17, 15) is 4.79 Å². The summed E-state index contributed by atoms with van der Waals surface area (Å²) in [6, 6.07) is 9.02. The van der Waals surface area contributed by atoms with E-state index in [1.54, 1.807) is 17.7 Å². The molecule has 3 aromatic heterocycles. The largest absolute Gasteiger partial charge is 0.325 e. The minimum atomic E-state index is -0.298. The van der Waals surface area contributed by atoms with Gasteiger partial charge in [0, 0.05) is 22.1 Å². The maximum atomic E-state index is 12.1. The van der Waals surface area contributed by atoms with Gasteiger partial charge in [0.1, 0.15) is 11.2 Å². The van der Waals surface area contributed by atoms with Crippen LogP contribution in [0, 0.1) is 6.92 Å². The second-order valence-corrected chi connectivity index (χ2v) is 7.97. The number of carbonyl (C=O) groups is 1. The Morgan fingerprint density at radius 1 is 1.07 bits per heavy atom. The molecule has 3 heterocycles. The first-order valence-electron chi connectivity index (χ1n) is 8.44. The summed E-state index contributed by atoms with van der Waals surface area (Å²) >= 11 is 3.12. The Morgan fingerprint density at radius 3 is 2.78 bits per heavy atom. The van der Waals surface area contributed by atoms with Crippen LogP contribution < -0.4 is 10.6 Å². The van der Waals surface area contributed by atoms with Gasteiger partial charge in [-0.2, -0.15) is 0 Å². The minimum absolute atomic E-state index is 0.298. The summed E-state index contributed by atoms with van der Waals surface area (Å²) in [5.41, 5.74) is 3.02. The zero-order valence-electron chi connectivity index (χ0n) is 14.6. The molecule has 8 heteroatoms. The van der Waals surface area contributed by atoms with Crippen LogP contribution in [-0.4, -0.2) is 21.0 Å². The number of aromatic nitrogens is 3. The van der Waals surface area contributed by atoms with E-state index in [1.807, 2.05) is 36.5 Å². The van der Waals surface area contributed by atoms with E-state index in [1.165, 1.54) is 16.9 Å². The molecular formula is C19H17N5OS2. The molecule has 136 valence electrons. The van der Waals surface area contributed by atoms with Gasteiger partial charge in [-0.15, -0.1) is 22.7 Å². The van der Waals surface area contributed by atoms with Crippen molar-refractivity contribution in [3.05, 3.63) is 64.4 Å². The highest BCUT2D eigenvalue weighted by atomic mass is 32.1. The minimum Gasteiger partial charge on any atom is -0.308 e. The van der Waals surface area contributed by atoms with Gasteiger partial charge in [0.2, 0.25) is 0 Å². The fraction of sp³-hybridized carbons (Fsp3) is 0.158. The normalized spacial score (nSPS) is 10.9. The summed E-state index contributed by atoms with van der Waals surface area (Å²) in [4.78, 5) is 27.3. The standard InChI is InChI=1S/C19H17N5OS2/c1-12-10-26-17-16(12)15(21-11-22-17)8-7-14-9-20-19(27-14)24-18(25)23-13-5-3-2-4-6-13/h2-6,9-11H,7-8H2,1H3,(H2,20,23,24,25). The Labute approximate surface area is 164 Å². The van der Waals surface area contributed by atoms with E-state index in [4.69, 9.17) is 0 Å². The van der Waals surface area contributed by atoms with Crippen molar-refractivity contribution < 1.29 is 4.79 Å². The maximum absolute atomic E-state index is 12.1. The zero-order chi connectivity index (χ0) is 18.6. The summed E-state index contributed by atoms with van der Waals surface area (Å²) < 4.78 is 0. The van der Waals surface area contributed by atoms with Crippen LogP contribution in [-0.2, 0) is 12.8 Å². The van der Waals surface area contributed by atoms with Gasteiger partial charge in [-0.1, -0.05) is 18.2 Å². The van der Waals surface area contributed by atoms with Gasteiger partial charge < -0.3 is 5.32 Å². The molecular weight excluding hydrogens is 378 g/mol. The Bertz CT molecular complexity index is 1070. The number of nitrogens with zero attached hydrogens (tertiary/aromatic N) is 3. The summed E-state index contributed by atoms with van der Waals surface area (Å²) in [7, 11) is 0. The molecule has 2 amide bonds. The van der Waals surface area contributed by atoms with Crippen molar-refractivity contribution in [1.82, 2.24) is 15.0 Å². The maximum Gasteiger partial charge on any atom is 0.325 e. The number of urea groups is 1. The second-order valence-electron chi connectivity index (χ2n) is 6.00. The van der Waals surface area contributed by atoms with E-state index >= 15 is 0 Å². The van der Waals surface area contributed by atoms with Crippen LogP contribution >= 0.6 is 22.7 Å². The van der Waals surface area contributed by atoms with Crippen LogP contribution in [0.15, 0.2) is 48.2 Å². The quantitative estimate of drug-likeness (QED) is 0.504. The number of para-hydroxylation sites is 1.